The zero-order valence-corrected chi connectivity index (χ0v) is 16.8. The van der Waals surface area contributed by atoms with E-state index >= 15 is 0 Å². The molecule has 1 aromatic rings. The highest BCUT2D eigenvalue weighted by atomic mass is 16.5. The number of carbonyl (C=O) groups is 3. The number of hydrogen-bond donors (Lipinski definition) is 0. The Kier molecular flexibility index (Phi) is 10.3. The third kappa shape index (κ3) is 7.51. The largest absolute Gasteiger partial charge is 0.461 e. The van der Waals surface area contributed by atoms with Crippen molar-refractivity contribution in [1.29, 1.82) is 0 Å². The number of aldehydes is 1. The van der Waals surface area contributed by atoms with Crippen LogP contribution in [0.4, 0.5) is 0 Å². The Balaban J connectivity index is 3.18. The van der Waals surface area contributed by atoms with Crippen molar-refractivity contribution in [3.8, 4) is 0 Å². The summed E-state index contributed by atoms with van der Waals surface area (Å²) in [6.07, 6.45) is 2.34. The van der Waals surface area contributed by atoms with E-state index < -0.39 is 29.0 Å². The highest BCUT2D eigenvalue weighted by molar-refractivity contribution is 5.81. The summed E-state index contributed by atoms with van der Waals surface area (Å²) in [5, 5.41) is 0. The number of aromatic nitrogens is 3. The molecule has 1 rings (SSSR count). The maximum atomic E-state index is 12.6. The van der Waals surface area contributed by atoms with Gasteiger partial charge in [-0.3, -0.25) is 4.79 Å². The summed E-state index contributed by atoms with van der Waals surface area (Å²) in [5.74, 6) is -1.50. The highest BCUT2D eigenvalue weighted by Crippen LogP contribution is 1.88. The molecule has 0 radical (unpaired) electrons. The van der Waals surface area contributed by atoms with E-state index in [1.807, 2.05) is 0 Å². The standard InChI is InChI=1S/C19H23N3O9/c1-4-15(24)30-10-7-21-17(26)20(6-9-29-13-14(3)12-23)18(27)22(19(21)28)8-11-31-16(25)5-2/h4-5,12H,1-3,6-11,13H2. The molecular formula is C19H23N3O9. The van der Waals surface area contributed by atoms with E-state index in [-0.39, 0.29) is 51.6 Å². The Hall–Kier alpha value is -3.80. The zero-order chi connectivity index (χ0) is 23.4. The Morgan fingerprint density at radius 1 is 0.774 bits per heavy atom. The summed E-state index contributed by atoms with van der Waals surface area (Å²) < 4.78 is 16.9. The van der Waals surface area contributed by atoms with Gasteiger partial charge in [0.15, 0.2) is 0 Å². The summed E-state index contributed by atoms with van der Waals surface area (Å²) in [4.78, 5) is 70.8. The lowest BCUT2D eigenvalue weighted by Crippen LogP contribution is -2.55. The number of hydrogen-bond acceptors (Lipinski definition) is 9. The second kappa shape index (κ2) is 12.7. The summed E-state index contributed by atoms with van der Waals surface area (Å²) >= 11 is 0. The number of carbonyl (C=O) groups excluding carboxylic acids is 3. The van der Waals surface area contributed by atoms with E-state index in [4.69, 9.17) is 14.2 Å². The van der Waals surface area contributed by atoms with Gasteiger partial charge < -0.3 is 14.2 Å². The second-order valence-corrected chi connectivity index (χ2v) is 5.87. The lowest BCUT2D eigenvalue weighted by Gasteiger charge is -2.14. The fourth-order valence-corrected chi connectivity index (χ4v) is 2.24. The van der Waals surface area contributed by atoms with Crippen LogP contribution in [-0.2, 0) is 48.2 Å². The molecule has 0 saturated carbocycles. The molecule has 0 aliphatic rings. The Bertz CT molecular complexity index is 965. The van der Waals surface area contributed by atoms with Crippen molar-refractivity contribution in [1.82, 2.24) is 13.7 Å². The fourth-order valence-electron chi connectivity index (χ4n) is 2.24. The first-order valence-corrected chi connectivity index (χ1v) is 9.00. The van der Waals surface area contributed by atoms with Gasteiger partial charge in [-0.15, -0.1) is 0 Å². The van der Waals surface area contributed by atoms with Gasteiger partial charge >= 0.3 is 29.0 Å². The number of rotatable bonds is 14. The van der Waals surface area contributed by atoms with Crippen LogP contribution in [0.25, 0.3) is 0 Å². The minimum absolute atomic E-state index is 0.0961. The molecule has 0 saturated heterocycles. The molecule has 0 aliphatic carbocycles. The third-order valence-electron chi connectivity index (χ3n) is 3.75. The Morgan fingerprint density at radius 3 is 1.52 bits per heavy atom. The lowest BCUT2D eigenvalue weighted by molar-refractivity contribution is -0.138. The molecule has 12 heteroatoms. The molecule has 12 nitrogen and oxygen atoms in total. The van der Waals surface area contributed by atoms with Crippen LogP contribution in [0.5, 0.6) is 0 Å². The summed E-state index contributed by atoms with van der Waals surface area (Å²) in [7, 11) is 0. The monoisotopic (exact) mass is 437 g/mol. The van der Waals surface area contributed by atoms with Crippen LogP contribution in [0.2, 0.25) is 0 Å². The molecule has 168 valence electrons. The average Bonchev–Trinajstić information content (AvgIpc) is 2.76. The predicted octanol–water partition coefficient (Wildman–Crippen LogP) is -1.60. The zero-order valence-electron chi connectivity index (χ0n) is 16.8. The van der Waals surface area contributed by atoms with Crippen molar-refractivity contribution in [3.63, 3.8) is 0 Å². The molecule has 1 heterocycles. The van der Waals surface area contributed by atoms with Crippen LogP contribution in [0.3, 0.4) is 0 Å². The van der Waals surface area contributed by atoms with E-state index in [2.05, 4.69) is 19.7 Å². The maximum Gasteiger partial charge on any atom is 0.336 e. The van der Waals surface area contributed by atoms with Gasteiger partial charge in [-0.2, -0.15) is 0 Å². The lowest BCUT2D eigenvalue weighted by atomic mass is 10.4. The van der Waals surface area contributed by atoms with Crippen LogP contribution >= 0.6 is 0 Å². The molecule has 0 amide bonds. The average molecular weight is 437 g/mol. The molecule has 0 unspecified atom stereocenters. The molecule has 0 aromatic carbocycles. The minimum atomic E-state index is -0.967. The quantitative estimate of drug-likeness (QED) is 0.145. The highest BCUT2D eigenvalue weighted by Gasteiger charge is 2.16. The van der Waals surface area contributed by atoms with Gasteiger partial charge in [-0.25, -0.2) is 37.7 Å². The first-order chi connectivity index (χ1) is 14.8. The normalized spacial score (nSPS) is 10.2. The molecule has 1 aromatic heterocycles. The first-order valence-electron chi connectivity index (χ1n) is 9.00. The van der Waals surface area contributed by atoms with E-state index in [1.54, 1.807) is 0 Å². The molecule has 0 aliphatic heterocycles. The maximum absolute atomic E-state index is 12.6. The molecule has 0 fully saturated rings. The topological polar surface area (TPSA) is 145 Å². The van der Waals surface area contributed by atoms with Crippen LogP contribution < -0.4 is 17.1 Å². The van der Waals surface area contributed by atoms with Gasteiger partial charge in [0, 0.05) is 17.7 Å². The minimum Gasteiger partial charge on any atom is -0.461 e. The van der Waals surface area contributed by atoms with Crippen LogP contribution in [0.15, 0.2) is 51.8 Å². The van der Waals surface area contributed by atoms with E-state index in [9.17, 15) is 28.8 Å². The van der Waals surface area contributed by atoms with Gasteiger partial charge in [0.25, 0.3) is 0 Å². The van der Waals surface area contributed by atoms with E-state index in [0.29, 0.717) is 15.4 Å². The van der Waals surface area contributed by atoms with Crippen LogP contribution in [0, 0.1) is 0 Å². The number of esters is 2. The first kappa shape index (κ1) is 25.2. The summed E-state index contributed by atoms with van der Waals surface area (Å²) in [6, 6.07) is 0. The van der Waals surface area contributed by atoms with Crippen molar-refractivity contribution >= 4 is 18.2 Å². The predicted molar refractivity (Wildman–Crippen MR) is 108 cm³/mol. The fraction of sp³-hybridized carbons (Fsp3) is 0.368. The van der Waals surface area contributed by atoms with Gasteiger partial charge in [-0.1, -0.05) is 19.7 Å². The third-order valence-corrected chi connectivity index (χ3v) is 3.75. The summed E-state index contributed by atoms with van der Waals surface area (Å²) in [6.45, 7) is 8.15. The van der Waals surface area contributed by atoms with Gasteiger partial charge in [0.05, 0.1) is 32.8 Å². The van der Waals surface area contributed by atoms with Crippen molar-refractivity contribution in [2.24, 2.45) is 0 Å². The van der Waals surface area contributed by atoms with Gasteiger partial charge in [-0.05, 0) is 0 Å². The second-order valence-electron chi connectivity index (χ2n) is 5.87. The number of ether oxygens (including phenoxy) is 3. The molecular weight excluding hydrogens is 414 g/mol. The van der Waals surface area contributed by atoms with Crippen molar-refractivity contribution in [2.45, 2.75) is 19.6 Å². The van der Waals surface area contributed by atoms with Crippen LogP contribution in [0.1, 0.15) is 0 Å². The SMILES string of the molecule is C=CC(=O)OCCn1c(=O)n(CCOCC(=C)C=O)c(=O)n(CCOC(=O)C=C)c1=O. The molecule has 0 spiro atoms. The Labute approximate surface area is 176 Å². The van der Waals surface area contributed by atoms with Crippen molar-refractivity contribution < 1.29 is 28.6 Å². The van der Waals surface area contributed by atoms with Gasteiger partial charge in [0.2, 0.25) is 0 Å². The smallest absolute Gasteiger partial charge is 0.336 e. The van der Waals surface area contributed by atoms with Crippen molar-refractivity contribution in [3.05, 3.63) is 68.9 Å². The number of nitrogens with zero attached hydrogens (tertiary/aromatic N) is 3. The molecule has 31 heavy (non-hydrogen) atoms. The van der Waals surface area contributed by atoms with E-state index in [0.717, 1.165) is 16.7 Å². The Morgan fingerprint density at radius 2 is 1.16 bits per heavy atom. The van der Waals surface area contributed by atoms with Crippen molar-refractivity contribution in [2.75, 3.05) is 26.4 Å². The summed E-state index contributed by atoms with van der Waals surface area (Å²) in [5.41, 5.74) is -2.68. The van der Waals surface area contributed by atoms with Crippen LogP contribution in [-0.4, -0.2) is 58.4 Å². The molecule has 0 bridgehead atoms. The molecule has 0 atom stereocenters. The van der Waals surface area contributed by atoms with Gasteiger partial charge in [0.1, 0.15) is 19.5 Å². The van der Waals surface area contributed by atoms with E-state index in [1.165, 1.54) is 0 Å². The molecule has 0 N–H and O–H groups in total.